The predicted molar refractivity (Wildman–Crippen MR) is 64.9 cm³/mol. The van der Waals surface area contributed by atoms with Gasteiger partial charge < -0.3 is 19.5 Å². The first-order valence-corrected chi connectivity index (χ1v) is 7.63. The molecular weight excluding hydrogens is 229 g/mol. The third kappa shape index (κ3) is 10.6. The van der Waals surface area contributed by atoms with Crippen molar-refractivity contribution in [3.05, 3.63) is 0 Å². The largest absolute Gasteiger partial charge is 0.379 e. The lowest BCUT2D eigenvalue weighted by Gasteiger charge is -2.10. The van der Waals surface area contributed by atoms with Crippen LogP contribution in [0.1, 0.15) is 26.7 Å². The summed E-state index contributed by atoms with van der Waals surface area (Å²) in [5, 5.41) is 3.22. The fraction of sp³-hybridized carbons (Fsp3) is 1.00. The van der Waals surface area contributed by atoms with E-state index in [4.69, 9.17) is 9.26 Å². The van der Waals surface area contributed by atoms with Gasteiger partial charge >= 0.3 is 7.60 Å². The molecular formula is C10H24NO4P. The molecule has 0 fully saturated rings. The second-order valence-electron chi connectivity index (χ2n) is 3.49. The molecule has 0 saturated heterocycles. The Balaban J connectivity index is 3.23. The van der Waals surface area contributed by atoms with Crippen LogP contribution in [0, 0.1) is 0 Å². The highest BCUT2D eigenvalue weighted by Gasteiger charge is 2.17. The van der Waals surface area contributed by atoms with Crippen LogP contribution in [-0.4, -0.2) is 44.0 Å². The quantitative estimate of drug-likeness (QED) is 0.432. The van der Waals surface area contributed by atoms with E-state index < -0.39 is 7.60 Å². The zero-order valence-electron chi connectivity index (χ0n) is 10.3. The lowest BCUT2D eigenvalue weighted by atomic mass is 10.3. The molecule has 1 atom stereocenters. The van der Waals surface area contributed by atoms with Crippen molar-refractivity contribution >= 4 is 7.60 Å². The maximum atomic E-state index is 11.2. The number of hydrogen-bond acceptors (Lipinski definition) is 4. The van der Waals surface area contributed by atoms with Gasteiger partial charge in [-0.3, -0.25) is 4.57 Å². The molecule has 0 heterocycles. The zero-order chi connectivity index (χ0) is 12.3. The van der Waals surface area contributed by atoms with E-state index >= 15 is 0 Å². The third-order valence-corrected chi connectivity index (χ3v) is 3.39. The normalized spacial score (nSPS) is 14.9. The first-order valence-electron chi connectivity index (χ1n) is 5.87. The molecule has 0 aromatic heterocycles. The lowest BCUT2D eigenvalue weighted by molar-refractivity contribution is 0.145. The molecule has 0 rings (SSSR count). The monoisotopic (exact) mass is 253 g/mol. The molecule has 0 amide bonds. The highest BCUT2D eigenvalue weighted by molar-refractivity contribution is 7.52. The Morgan fingerprint density at radius 3 is 2.62 bits per heavy atom. The fourth-order valence-electron chi connectivity index (χ4n) is 1.12. The van der Waals surface area contributed by atoms with Gasteiger partial charge in [-0.15, -0.1) is 0 Å². The van der Waals surface area contributed by atoms with E-state index in [1.165, 1.54) is 6.42 Å². The number of nitrogens with one attached hydrogen (secondary N) is 1. The predicted octanol–water partition coefficient (Wildman–Crippen LogP) is 1.61. The summed E-state index contributed by atoms with van der Waals surface area (Å²) in [6.45, 7) is 6.71. The van der Waals surface area contributed by atoms with E-state index in [1.807, 2.05) is 0 Å². The van der Waals surface area contributed by atoms with Crippen molar-refractivity contribution in [1.29, 1.82) is 0 Å². The van der Waals surface area contributed by atoms with Gasteiger partial charge in [0.1, 0.15) is 0 Å². The van der Waals surface area contributed by atoms with Gasteiger partial charge in [0.05, 0.1) is 26.0 Å². The topological polar surface area (TPSA) is 67.8 Å². The average molecular weight is 253 g/mol. The number of hydrogen-bond donors (Lipinski definition) is 2. The Bertz CT molecular complexity index is 201. The van der Waals surface area contributed by atoms with Crippen LogP contribution >= 0.6 is 7.60 Å². The minimum atomic E-state index is -3.40. The Hall–Kier alpha value is 0.0700. The van der Waals surface area contributed by atoms with Gasteiger partial charge in [0.2, 0.25) is 0 Å². The number of unbranched alkanes of at least 4 members (excludes halogenated alkanes) is 1. The highest BCUT2D eigenvalue weighted by atomic mass is 31.2. The molecule has 0 radical (unpaired) electrons. The molecule has 0 aliphatic rings. The van der Waals surface area contributed by atoms with Gasteiger partial charge in [-0.25, -0.2) is 0 Å². The maximum Gasteiger partial charge on any atom is 0.330 e. The van der Waals surface area contributed by atoms with E-state index in [9.17, 15) is 9.46 Å². The Morgan fingerprint density at radius 1 is 1.25 bits per heavy atom. The molecule has 0 bridgehead atoms. The minimum Gasteiger partial charge on any atom is -0.379 e. The minimum absolute atomic E-state index is 0.0653. The van der Waals surface area contributed by atoms with Crippen molar-refractivity contribution in [2.24, 2.45) is 0 Å². The Morgan fingerprint density at radius 2 is 2.00 bits per heavy atom. The molecule has 0 aliphatic heterocycles. The van der Waals surface area contributed by atoms with Gasteiger partial charge in [-0.2, -0.15) is 0 Å². The molecule has 0 aliphatic carbocycles. The third-order valence-electron chi connectivity index (χ3n) is 1.98. The van der Waals surface area contributed by atoms with Crippen LogP contribution in [0.2, 0.25) is 0 Å². The molecule has 16 heavy (non-hydrogen) atoms. The lowest BCUT2D eigenvalue weighted by Crippen LogP contribution is -2.21. The summed E-state index contributed by atoms with van der Waals surface area (Å²) >= 11 is 0. The van der Waals surface area contributed by atoms with Crippen molar-refractivity contribution in [3.8, 4) is 0 Å². The van der Waals surface area contributed by atoms with Crippen LogP contribution in [0.4, 0.5) is 0 Å². The zero-order valence-corrected chi connectivity index (χ0v) is 11.2. The van der Waals surface area contributed by atoms with Gasteiger partial charge in [0.15, 0.2) is 0 Å². The van der Waals surface area contributed by atoms with E-state index in [0.29, 0.717) is 6.61 Å². The first kappa shape index (κ1) is 16.1. The second kappa shape index (κ2) is 10.2. The molecule has 5 nitrogen and oxygen atoms in total. The Labute approximate surface area is 98.1 Å². The van der Waals surface area contributed by atoms with Crippen LogP contribution in [-0.2, 0) is 13.8 Å². The Kier molecular flexibility index (Phi) is 10.3. The van der Waals surface area contributed by atoms with Crippen molar-refractivity contribution in [2.45, 2.75) is 26.7 Å². The van der Waals surface area contributed by atoms with Crippen LogP contribution in [0.25, 0.3) is 0 Å². The molecule has 6 heteroatoms. The number of ether oxygens (including phenoxy) is 1. The average Bonchev–Trinajstić information content (AvgIpc) is 2.22. The molecule has 98 valence electrons. The molecule has 0 aromatic carbocycles. The molecule has 2 N–H and O–H groups in total. The van der Waals surface area contributed by atoms with Crippen molar-refractivity contribution in [2.75, 3.05) is 39.1 Å². The maximum absolute atomic E-state index is 11.2. The van der Waals surface area contributed by atoms with E-state index in [-0.39, 0.29) is 19.4 Å². The van der Waals surface area contributed by atoms with Crippen LogP contribution in [0.15, 0.2) is 0 Å². The van der Waals surface area contributed by atoms with Gasteiger partial charge in [-0.1, -0.05) is 13.3 Å². The molecule has 0 saturated carbocycles. The van der Waals surface area contributed by atoms with Crippen molar-refractivity contribution in [3.63, 3.8) is 0 Å². The first-order chi connectivity index (χ1) is 7.62. The summed E-state index contributed by atoms with van der Waals surface area (Å²) in [6, 6.07) is 0. The van der Waals surface area contributed by atoms with Crippen LogP contribution < -0.4 is 5.32 Å². The van der Waals surface area contributed by atoms with Gasteiger partial charge in [0.25, 0.3) is 0 Å². The van der Waals surface area contributed by atoms with Crippen LogP contribution in [0.3, 0.4) is 0 Å². The number of rotatable bonds is 11. The summed E-state index contributed by atoms with van der Waals surface area (Å²) in [7, 11) is -3.40. The smallest absolute Gasteiger partial charge is 0.330 e. The van der Waals surface area contributed by atoms with Crippen molar-refractivity contribution < 1.29 is 18.7 Å². The summed E-state index contributed by atoms with van der Waals surface area (Å²) in [4.78, 5) is 9.22. The summed E-state index contributed by atoms with van der Waals surface area (Å²) < 4.78 is 21.2. The van der Waals surface area contributed by atoms with Gasteiger partial charge in [-0.05, 0) is 19.9 Å². The molecule has 0 spiro atoms. The van der Waals surface area contributed by atoms with E-state index in [1.54, 1.807) is 6.92 Å². The standard InChI is InChI=1S/C10H24NO4P/c1-3-5-6-11-7-8-14-9-10-16(12,13)15-4-2/h11H,3-10H2,1-2H3,(H,12,13). The van der Waals surface area contributed by atoms with Gasteiger partial charge in [0, 0.05) is 6.54 Å². The fourth-order valence-corrected chi connectivity index (χ4v) is 2.01. The van der Waals surface area contributed by atoms with Crippen LogP contribution in [0.5, 0.6) is 0 Å². The second-order valence-corrected chi connectivity index (χ2v) is 5.48. The highest BCUT2D eigenvalue weighted by Crippen LogP contribution is 2.40. The molecule has 0 aromatic rings. The van der Waals surface area contributed by atoms with Crippen molar-refractivity contribution in [1.82, 2.24) is 5.32 Å². The summed E-state index contributed by atoms with van der Waals surface area (Å²) in [5.41, 5.74) is 0. The summed E-state index contributed by atoms with van der Waals surface area (Å²) in [5.74, 6) is 0. The molecule has 1 unspecified atom stereocenters. The summed E-state index contributed by atoms with van der Waals surface area (Å²) in [6.07, 6.45) is 2.40. The van der Waals surface area contributed by atoms with E-state index in [2.05, 4.69) is 12.2 Å². The SMILES string of the molecule is CCCCNCCOCCP(=O)(O)OCC. The van der Waals surface area contributed by atoms with E-state index in [0.717, 1.165) is 19.5 Å².